The largest absolute Gasteiger partial charge is 0.368 e. The Morgan fingerprint density at radius 2 is 2.05 bits per heavy atom. The molecule has 0 radical (unpaired) electrons. The van der Waals surface area contributed by atoms with Gasteiger partial charge < -0.3 is 10.7 Å². The van der Waals surface area contributed by atoms with Gasteiger partial charge in [0.2, 0.25) is 5.95 Å². The molecule has 0 aliphatic carbocycles. The zero-order valence-electron chi connectivity index (χ0n) is 10.1. The average Bonchev–Trinajstić information content (AvgIpc) is 2.92. The van der Waals surface area contributed by atoms with E-state index in [9.17, 15) is 0 Å². The number of H-pyrrole nitrogens is 1. The fraction of sp³-hybridized carbons (Fsp3) is 0. The van der Waals surface area contributed by atoms with Gasteiger partial charge in [-0.3, -0.25) is 0 Å². The van der Waals surface area contributed by atoms with Crippen molar-refractivity contribution >= 4 is 33.5 Å². The molecule has 3 rings (SSSR count). The van der Waals surface area contributed by atoms with Gasteiger partial charge in [0.15, 0.2) is 0 Å². The van der Waals surface area contributed by atoms with E-state index in [2.05, 4.69) is 35.9 Å². The minimum Gasteiger partial charge on any atom is -0.368 e. The summed E-state index contributed by atoms with van der Waals surface area (Å²) in [5.74, 6) is 0.855. The lowest BCUT2D eigenvalue weighted by atomic mass is 10.1. The lowest BCUT2D eigenvalue weighted by molar-refractivity contribution is 1.17. The Labute approximate surface area is 128 Å². The summed E-state index contributed by atoms with van der Waals surface area (Å²) in [6.45, 7) is 0. The molecule has 0 bridgehead atoms. The van der Waals surface area contributed by atoms with Crippen molar-refractivity contribution in [1.29, 1.82) is 0 Å². The molecule has 0 fully saturated rings. The first-order chi connectivity index (χ1) is 9.65. The summed E-state index contributed by atoms with van der Waals surface area (Å²) in [6, 6.07) is 5.58. The van der Waals surface area contributed by atoms with E-state index in [1.54, 1.807) is 24.7 Å². The number of hydrogen-bond acceptors (Lipinski definition) is 4. The van der Waals surface area contributed by atoms with E-state index in [0.717, 1.165) is 15.6 Å². The molecule has 20 heavy (non-hydrogen) atoms. The molecule has 5 nitrogen and oxygen atoms in total. The van der Waals surface area contributed by atoms with Crippen LogP contribution in [0.2, 0.25) is 5.02 Å². The van der Waals surface area contributed by atoms with Crippen molar-refractivity contribution in [3.63, 3.8) is 0 Å². The molecule has 0 unspecified atom stereocenters. The normalized spacial score (nSPS) is 10.7. The van der Waals surface area contributed by atoms with Gasteiger partial charge in [0.05, 0.1) is 16.3 Å². The molecule has 100 valence electrons. The van der Waals surface area contributed by atoms with E-state index in [1.807, 2.05) is 12.1 Å². The number of hydrogen-bond donors (Lipinski definition) is 2. The second-order valence-electron chi connectivity index (χ2n) is 4.05. The molecule has 0 saturated carbocycles. The highest BCUT2D eigenvalue weighted by Gasteiger charge is 2.15. The lowest BCUT2D eigenvalue weighted by Crippen LogP contribution is -1.99. The zero-order chi connectivity index (χ0) is 14.1. The van der Waals surface area contributed by atoms with Crippen molar-refractivity contribution in [2.45, 2.75) is 0 Å². The summed E-state index contributed by atoms with van der Waals surface area (Å²) in [6.07, 6.45) is 5.03. The number of aromatic amines is 1. The van der Waals surface area contributed by atoms with Crippen molar-refractivity contribution in [2.75, 3.05) is 5.73 Å². The van der Waals surface area contributed by atoms with E-state index in [0.29, 0.717) is 16.5 Å². The van der Waals surface area contributed by atoms with Crippen molar-refractivity contribution in [1.82, 2.24) is 19.9 Å². The zero-order valence-corrected chi connectivity index (χ0v) is 12.5. The molecule has 0 aliphatic heterocycles. The van der Waals surface area contributed by atoms with Gasteiger partial charge in [-0.1, -0.05) is 33.6 Å². The van der Waals surface area contributed by atoms with Gasteiger partial charge in [-0.2, -0.15) is 0 Å². The van der Waals surface area contributed by atoms with Crippen LogP contribution < -0.4 is 5.73 Å². The Hall–Kier alpha value is -1.92. The minimum absolute atomic E-state index is 0.189. The minimum atomic E-state index is 0.189. The highest BCUT2D eigenvalue weighted by atomic mass is 79.9. The van der Waals surface area contributed by atoms with Crippen LogP contribution in [-0.2, 0) is 0 Å². The summed E-state index contributed by atoms with van der Waals surface area (Å²) in [5, 5.41) is 0.574. The van der Waals surface area contributed by atoms with Crippen molar-refractivity contribution in [3.8, 4) is 22.6 Å². The Morgan fingerprint density at radius 1 is 1.20 bits per heavy atom. The maximum atomic E-state index is 6.29. The summed E-state index contributed by atoms with van der Waals surface area (Å²) < 4.78 is 0.896. The third-order valence-corrected chi connectivity index (χ3v) is 3.55. The van der Waals surface area contributed by atoms with Crippen LogP contribution in [0.5, 0.6) is 0 Å². The van der Waals surface area contributed by atoms with Gasteiger partial charge in [0, 0.05) is 28.6 Å². The van der Waals surface area contributed by atoms with Gasteiger partial charge in [-0.05, 0) is 12.1 Å². The van der Waals surface area contributed by atoms with Crippen LogP contribution >= 0.6 is 27.5 Å². The fourth-order valence-corrected chi connectivity index (χ4v) is 2.63. The molecule has 3 aromatic rings. The maximum absolute atomic E-state index is 6.29. The molecule has 1 aromatic carbocycles. The standard InChI is InChI=1S/C13H9BrClN5/c14-7-1-2-8(10(15)5-7)11-9(6-19-13(16)20-11)12-17-3-4-18-12/h1-6H,(H,17,18)(H2,16,19,20). The van der Waals surface area contributed by atoms with Crippen molar-refractivity contribution < 1.29 is 0 Å². The van der Waals surface area contributed by atoms with Crippen LogP contribution in [0.4, 0.5) is 5.95 Å². The molecule has 0 amide bonds. The first-order valence-electron chi connectivity index (χ1n) is 5.73. The molecule has 0 atom stereocenters. The molecule has 3 N–H and O–H groups in total. The lowest BCUT2D eigenvalue weighted by Gasteiger charge is -2.09. The third kappa shape index (κ3) is 2.39. The molecule has 0 saturated heterocycles. The number of halogens is 2. The van der Waals surface area contributed by atoms with E-state index in [-0.39, 0.29) is 5.95 Å². The van der Waals surface area contributed by atoms with Gasteiger partial charge in [-0.15, -0.1) is 0 Å². The molecular weight excluding hydrogens is 342 g/mol. The number of aromatic nitrogens is 4. The Balaban J connectivity index is 2.24. The second kappa shape index (κ2) is 5.22. The van der Waals surface area contributed by atoms with Gasteiger partial charge in [-0.25, -0.2) is 15.0 Å². The topological polar surface area (TPSA) is 80.5 Å². The number of rotatable bonds is 2. The van der Waals surface area contributed by atoms with Crippen LogP contribution in [0.15, 0.2) is 41.3 Å². The number of nitrogens with zero attached hydrogens (tertiary/aromatic N) is 3. The SMILES string of the molecule is Nc1ncc(-c2ncc[nH]2)c(-c2ccc(Br)cc2Cl)n1. The third-order valence-electron chi connectivity index (χ3n) is 2.75. The Bertz CT molecular complexity index is 757. The first-order valence-corrected chi connectivity index (χ1v) is 6.90. The maximum Gasteiger partial charge on any atom is 0.220 e. The molecule has 2 heterocycles. The first kappa shape index (κ1) is 13.1. The Morgan fingerprint density at radius 3 is 2.75 bits per heavy atom. The van der Waals surface area contributed by atoms with E-state index in [1.165, 1.54) is 0 Å². The van der Waals surface area contributed by atoms with Crippen molar-refractivity contribution in [3.05, 3.63) is 46.3 Å². The highest BCUT2D eigenvalue weighted by molar-refractivity contribution is 9.10. The van der Waals surface area contributed by atoms with Crippen LogP contribution in [0, 0.1) is 0 Å². The van der Waals surface area contributed by atoms with Crippen LogP contribution in [0.1, 0.15) is 0 Å². The summed E-state index contributed by atoms with van der Waals surface area (Å²) in [7, 11) is 0. The van der Waals surface area contributed by atoms with Crippen LogP contribution in [0.3, 0.4) is 0 Å². The molecule has 7 heteroatoms. The molecular formula is C13H9BrClN5. The number of imidazole rings is 1. The predicted octanol–water partition coefficient (Wildman–Crippen LogP) is 3.53. The smallest absolute Gasteiger partial charge is 0.220 e. The van der Waals surface area contributed by atoms with E-state index >= 15 is 0 Å². The van der Waals surface area contributed by atoms with Gasteiger partial charge >= 0.3 is 0 Å². The van der Waals surface area contributed by atoms with Crippen molar-refractivity contribution in [2.24, 2.45) is 0 Å². The average molecular weight is 351 g/mol. The summed E-state index contributed by atoms with van der Waals surface area (Å²) in [5.41, 5.74) is 7.85. The van der Waals surface area contributed by atoms with Crippen LogP contribution in [-0.4, -0.2) is 19.9 Å². The van der Waals surface area contributed by atoms with E-state index < -0.39 is 0 Å². The number of nitrogens with one attached hydrogen (secondary N) is 1. The van der Waals surface area contributed by atoms with E-state index in [4.69, 9.17) is 17.3 Å². The quantitative estimate of drug-likeness (QED) is 0.741. The molecule has 0 spiro atoms. The number of anilines is 1. The number of benzene rings is 1. The summed E-state index contributed by atoms with van der Waals surface area (Å²) in [4.78, 5) is 15.6. The second-order valence-corrected chi connectivity index (χ2v) is 5.38. The van der Waals surface area contributed by atoms with Crippen LogP contribution in [0.25, 0.3) is 22.6 Å². The number of nitrogens with two attached hydrogens (primary N) is 1. The Kier molecular flexibility index (Phi) is 3.42. The monoisotopic (exact) mass is 349 g/mol. The molecule has 2 aromatic heterocycles. The fourth-order valence-electron chi connectivity index (χ4n) is 1.87. The van der Waals surface area contributed by atoms with Gasteiger partial charge in [0.25, 0.3) is 0 Å². The predicted molar refractivity (Wildman–Crippen MR) is 82.2 cm³/mol. The van der Waals surface area contributed by atoms with Gasteiger partial charge in [0.1, 0.15) is 5.82 Å². The summed E-state index contributed by atoms with van der Waals surface area (Å²) >= 11 is 9.67. The number of nitrogen functional groups attached to an aromatic ring is 1. The highest BCUT2D eigenvalue weighted by Crippen LogP contribution is 2.34. The molecule has 0 aliphatic rings.